The lowest BCUT2D eigenvalue weighted by Crippen LogP contribution is -2.30. The van der Waals surface area contributed by atoms with Gasteiger partial charge in [-0.3, -0.25) is 4.79 Å². The summed E-state index contributed by atoms with van der Waals surface area (Å²) in [5, 5.41) is 6.38. The normalized spacial score (nSPS) is 11.4. The van der Waals surface area contributed by atoms with Gasteiger partial charge < -0.3 is 20.1 Å². The van der Waals surface area contributed by atoms with Gasteiger partial charge in [0.1, 0.15) is 30.4 Å². The second-order valence-corrected chi connectivity index (χ2v) is 11.2. The summed E-state index contributed by atoms with van der Waals surface area (Å²) in [7, 11) is 0. The lowest BCUT2D eigenvalue weighted by molar-refractivity contribution is -0.141. The molecule has 1 aromatic heterocycles. The second-order valence-electron chi connectivity index (χ2n) is 10.8. The number of fused-ring (bicyclic) bond motifs is 1. The lowest BCUT2D eigenvalue weighted by atomic mass is 9.97. The third-order valence-electron chi connectivity index (χ3n) is 7.50. The van der Waals surface area contributed by atoms with Gasteiger partial charge in [0, 0.05) is 49.1 Å². The highest BCUT2D eigenvalue weighted by Gasteiger charge is 2.33. The number of nitrogens with zero attached hydrogens (tertiary/aromatic N) is 1. The van der Waals surface area contributed by atoms with E-state index in [1.165, 1.54) is 6.92 Å². The summed E-state index contributed by atoms with van der Waals surface area (Å²) in [6.07, 6.45) is -4.65. The second kappa shape index (κ2) is 14.7. The number of nitrogens with one attached hydrogen (secondary N) is 2. The number of amides is 1. The Hall–Kier alpha value is -4.60. The molecule has 5 rings (SSSR count). The van der Waals surface area contributed by atoms with Crippen LogP contribution in [-0.4, -0.2) is 24.0 Å². The topological polar surface area (TPSA) is 72.5 Å². The van der Waals surface area contributed by atoms with Gasteiger partial charge in [-0.1, -0.05) is 84.4 Å². The zero-order chi connectivity index (χ0) is 32.7. The maximum atomic E-state index is 13.5. The number of hydrogen-bond donors (Lipinski definition) is 2. The number of halogens is 4. The molecular formula is C36H33ClF3N3O3. The van der Waals surface area contributed by atoms with E-state index in [1.54, 1.807) is 24.3 Å². The van der Waals surface area contributed by atoms with Gasteiger partial charge in [-0.15, -0.1) is 0 Å². The Morgan fingerprint density at radius 1 is 0.848 bits per heavy atom. The van der Waals surface area contributed by atoms with Crippen molar-refractivity contribution in [3.63, 3.8) is 0 Å². The van der Waals surface area contributed by atoms with Crippen LogP contribution in [-0.2, 0) is 30.7 Å². The van der Waals surface area contributed by atoms with Gasteiger partial charge in [-0.25, -0.2) is 4.98 Å². The molecule has 4 aromatic carbocycles. The number of benzene rings is 4. The van der Waals surface area contributed by atoms with Crippen molar-refractivity contribution < 1.29 is 27.4 Å². The molecule has 5 aromatic rings. The van der Waals surface area contributed by atoms with Crippen molar-refractivity contribution in [1.82, 2.24) is 15.6 Å². The first kappa shape index (κ1) is 32.8. The Balaban J connectivity index is 1.38. The van der Waals surface area contributed by atoms with Crippen molar-refractivity contribution in [1.29, 1.82) is 0 Å². The number of aromatic nitrogens is 1. The average molecular weight is 648 g/mol. The molecule has 1 heterocycles. The Labute approximate surface area is 270 Å². The molecule has 0 bridgehead atoms. The third-order valence-corrected chi connectivity index (χ3v) is 7.81. The van der Waals surface area contributed by atoms with Gasteiger partial charge in [0.25, 0.3) is 0 Å². The van der Waals surface area contributed by atoms with Crippen molar-refractivity contribution in [2.24, 2.45) is 0 Å². The van der Waals surface area contributed by atoms with E-state index < -0.39 is 11.9 Å². The molecule has 0 radical (unpaired) electrons. The molecule has 238 valence electrons. The SMILES string of the molecule is CC(=O)NCCNCc1ccc(OCc2cccc(-c3ccccc3)c2C)cc1OCc1cccc2c(Cl)cc(C(F)(F)F)nc12. The number of rotatable bonds is 12. The van der Waals surface area contributed by atoms with E-state index in [-0.39, 0.29) is 23.1 Å². The van der Waals surface area contributed by atoms with E-state index in [0.717, 1.165) is 33.9 Å². The van der Waals surface area contributed by atoms with Crippen LogP contribution in [0.5, 0.6) is 11.5 Å². The highest BCUT2D eigenvalue weighted by molar-refractivity contribution is 6.35. The Morgan fingerprint density at radius 2 is 1.59 bits per heavy atom. The summed E-state index contributed by atoms with van der Waals surface area (Å²) in [5.41, 5.74) is 4.72. The monoisotopic (exact) mass is 647 g/mol. The minimum Gasteiger partial charge on any atom is -0.489 e. The maximum absolute atomic E-state index is 13.5. The summed E-state index contributed by atoms with van der Waals surface area (Å²) >= 11 is 6.21. The largest absolute Gasteiger partial charge is 0.489 e. The molecule has 6 nitrogen and oxygen atoms in total. The van der Waals surface area contributed by atoms with Gasteiger partial charge in [-0.2, -0.15) is 13.2 Å². The molecule has 0 fully saturated rings. The van der Waals surface area contributed by atoms with E-state index in [9.17, 15) is 18.0 Å². The average Bonchev–Trinajstić information content (AvgIpc) is 3.03. The van der Waals surface area contributed by atoms with Crippen molar-refractivity contribution in [3.8, 4) is 22.6 Å². The van der Waals surface area contributed by atoms with E-state index in [2.05, 4.69) is 40.7 Å². The fraction of sp³-hybridized carbons (Fsp3) is 0.222. The molecule has 10 heteroatoms. The van der Waals surface area contributed by atoms with Crippen molar-refractivity contribution in [3.05, 3.63) is 124 Å². The number of alkyl halides is 3. The van der Waals surface area contributed by atoms with Crippen LogP contribution in [0.2, 0.25) is 5.02 Å². The summed E-state index contributed by atoms with van der Waals surface area (Å²) in [4.78, 5) is 15.1. The Bertz CT molecular complexity index is 1830. The van der Waals surface area contributed by atoms with Gasteiger partial charge in [0.05, 0.1) is 10.5 Å². The molecule has 0 atom stereocenters. The standard InChI is InChI=1S/C36H33ClF3N3O3/c1-23-27(10-6-12-30(23)25-8-4-3-5-9-25)21-45-29-15-14-26(20-41-16-17-42-24(2)44)33(18-29)46-22-28-11-7-13-31-32(37)19-34(36(38,39)40)43-35(28)31/h3-15,18-19,41H,16-17,20-22H2,1-2H3,(H,42,44). The summed E-state index contributed by atoms with van der Waals surface area (Å²) in [6, 6.07) is 27.6. The van der Waals surface area contributed by atoms with Crippen LogP contribution in [0.25, 0.3) is 22.0 Å². The van der Waals surface area contributed by atoms with Crippen LogP contribution in [0.15, 0.2) is 91.0 Å². The van der Waals surface area contributed by atoms with Gasteiger partial charge in [0.15, 0.2) is 0 Å². The Morgan fingerprint density at radius 3 is 2.35 bits per heavy atom. The van der Waals surface area contributed by atoms with Gasteiger partial charge >= 0.3 is 6.18 Å². The first-order valence-electron chi connectivity index (χ1n) is 14.7. The first-order chi connectivity index (χ1) is 22.1. The molecule has 0 saturated heterocycles. The maximum Gasteiger partial charge on any atom is 0.433 e. The van der Waals surface area contributed by atoms with Crippen LogP contribution >= 0.6 is 11.6 Å². The number of hydrogen-bond acceptors (Lipinski definition) is 5. The van der Waals surface area contributed by atoms with E-state index >= 15 is 0 Å². The van der Waals surface area contributed by atoms with Crippen LogP contribution in [0, 0.1) is 6.92 Å². The molecule has 0 spiro atoms. The zero-order valence-electron chi connectivity index (χ0n) is 25.4. The molecule has 0 unspecified atom stereocenters. The molecule has 46 heavy (non-hydrogen) atoms. The number of pyridine rings is 1. The number of ether oxygens (including phenoxy) is 2. The minimum atomic E-state index is -4.65. The van der Waals surface area contributed by atoms with Crippen LogP contribution in [0.1, 0.15) is 34.9 Å². The van der Waals surface area contributed by atoms with Crippen molar-refractivity contribution >= 4 is 28.4 Å². The molecule has 0 aliphatic heterocycles. The van der Waals surface area contributed by atoms with E-state index in [4.69, 9.17) is 21.1 Å². The van der Waals surface area contributed by atoms with Gasteiger partial charge in [0.2, 0.25) is 5.91 Å². The first-order valence-corrected chi connectivity index (χ1v) is 15.1. The van der Waals surface area contributed by atoms with Crippen LogP contribution in [0.3, 0.4) is 0 Å². The smallest absolute Gasteiger partial charge is 0.433 e. The van der Waals surface area contributed by atoms with Crippen LogP contribution < -0.4 is 20.1 Å². The predicted octanol–water partition coefficient (Wildman–Crippen LogP) is 8.27. The third kappa shape index (κ3) is 8.16. The molecule has 0 saturated carbocycles. The quantitative estimate of drug-likeness (QED) is 0.133. The number of para-hydroxylation sites is 1. The fourth-order valence-corrected chi connectivity index (χ4v) is 5.33. The molecule has 0 aliphatic carbocycles. The predicted molar refractivity (Wildman–Crippen MR) is 174 cm³/mol. The summed E-state index contributed by atoms with van der Waals surface area (Å²) in [5.74, 6) is 0.948. The Kier molecular flexibility index (Phi) is 10.4. The van der Waals surface area contributed by atoms with E-state index in [1.807, 2.05) is 42.5 Å². The van der Waals surface area contributed by atoms with Crippen molar-refractivity contribution in [2.75, 3.05) is 13.1 Å². The molecule has 0 aliphatic rings. The van der Waals surface area contributed by atoms with E-state index in [0.29, 0.717) is 48.7 Å². The minimum absolute atomic E-state index is 0.0368. The highest BCUT2D eigenvalue weighted by Crippen LogP contribution is 2.35. The number of carbonyl (C=O) groups is 1. The van der Waals surface area contributed by atoms with Gasteiger partial charge in [-0.05, 0) is 41.3 Å². The molecule has 2 N–H and O–H groups in total. The highest BCUT2D eigenvalue weighted by atomic mass is 35.5. The lowest BCUT2D eigenvalue weighted by Gasteiger charge is -2.17. The fourth-order valence-electron chi connectivity index (χ4n) is 5.07. The van der Waals surface area contributed by atoms with Crippen LogP contribution in [0.4, 0.5) is 13.2 Å². The summed E-state index contributed by atoms with van der Waals surface area (Å²) < 4.78 is 53.0. The zero-order valence-corrected chi connectivity index (χ0v) is 26.1. The molecular weight excluding hydrogens is 615 g/mol. The number of carbonyl (C=O) groups excluding carboxylic acids is 1. The van der Waals surface area contributed by atoms with Crippen molar-refractivity contribution in [2.45, 2.75) is 39.8 Å². The molecule has 1 amide bonds. The summed E-state index contributed by atoms with van der Waals surface area (Å²) in [6.45, 7) is 5.20.